The molecule has 0 saturated heterocycles. The number of nitro groups is 1. The number of nitrogens with zero attached hydrogens (tertiary/aromatic N) is 1. The standard InChI is InChI=1S/C15H14F2N2O2/c1-9-6-7-14(19(20)21)13(8-9)18-10(2)15-11(16)4-3-5-12(15)17/h3-8,10,18H,1-2H3. The molecule has 110 valence electrons. The predicted molar refractivity (Wildman–Crippen MR) is 76.2 cm³/mol. The number of rotatable bonds is 4. The van der Waals surface area contributed by atoms with Gasteiger partial charge in [-0.2, -0.15) is 0 Å². The number of benzene rings is 2. The fourth-order valence-electron chi connectivity index (χ4n) is 2.15. The minimum atomic E-state index is -0.744. The van der Waals surface area contributed by atoms with Gasteiger partial charge in [-0.25, -0.2) is 8.78 Å². The summed E-state index contributed by atoms with van der Waals surface area (Å²) in [5.41, 5.74) is 0.761. The molecule has 0 aromatic heterocycles. The van der Waals surface area contributed by atoms with Gasteiger partial charge in [0.1, 0.15) is 17.3 Å². The van der Waals surface area contributed by atoms with Gasteiger partial charge in [0.2, 0.25) is 0 Å². The van der Waals surface area contributed by atoms with Crippen LogP contribution in [-0.4, -0.2) is 4.92 Å². The molecule has 0 amide bonds. The molecular formula is C15H14F2N2O2. The lowest BCUT2D eigenvalue weighted by Crippen LogP contribution is -2.12. The Kier molecular flexibility index (Phi) is 4.16. The average molecular weight is 292 g/mol. The van der Waals surface area contributed by atoms with Gasteiger partial charge < -0.3 is 5.32 Å². The van der Waals surface area contributed by atoms with Gasteiger partial charge in [0.05, 0.1) is 11.0 Å². The molecular weight excluding hydrogens is 278 g/mol. The summed E-state index contributed by atoms with van der Waals surface area (Å²) in [6.45, 7) is 3.33. The van der Waals surface area contributed by atoms with Crippen LogP contribution in [0.4, 0.5) is 20.2 Å². The fourth-order valence-corrected chi connectivity index (χ4v) is 2.15. The molecule has 0 saturated carbocycles. The third-order valence-corrected chi connectivity index (χ3v) is 3.15. The van der Waals surface area contributed by atoms with Crippen molar-refractivity contribution in [2.45, 2.75) is 19.9 Å². The van der Waals surface area contributed by atoms with Gasteiger partial charge in [-0.15, -0.1) is 0 Å². The second-order valence-electron chi connectivity index (χ2n) is 4.78. The van der Waals surface area contributed by atoms with Gasteiger partial charge >= 0.3 is 0 Å². The van der Waals surface area contributed by atoms with Gasteiger partial charge in [0, 0.05) is 11.6 Å². The number of nitrogens with one attached hydrogen (secondary N) is 1. The van der Waals surface area contributed by atoms with Gasteiger partial charge in [-0.05, 0) is 37.6 Å². The topological polar surface area (TPSA) is 55.2 Å². The predicted octanol–water partition coefficient (Wildman–Crippen LogP) is 4.35. The normalized spacial score (nSPS) is 12.0. The van der Waals surface area contributed by atoms with Crippen LogP contribution in [0.2, 0.25) is 0 Å². The zero-order valence-electron chi connectivity index (χ0n) is 11.6. The van der Waals surface area contributed by atoms with E-state index in [-0.39, 0.29) is 16.9 Å². The van der Waals surface area contributed by atoms with E-state index >= 15 is 0 Å². The summed E-state index contributed by atoms with van der Waals surface area (Å²) >= 11 is 0. The molecule has 1 N–H and O–H groups in total. The van der Waals surface area contributed by atoms with Gasteiger partial charge in [0.15, 0.2) is 0 Å². The summed E-state index contributed by atoms with van der Waals surface area (Å²) in [7, 11) is 0. The first-order chi connectivity index (χ1) is 9.90. The van der Waals surface area contributed by atoms with E-state index in [9.17, 15) is 18.9 Å². The van der Waals surface area contributed by atoms with Crippen LogP contribution >= 0.6 is 0 Å². The van der Waals surface area contributed by atoms with Crippen molar-refractivity contribution in [1.82, 2.24) is 0 Å². The summed E-state index contributed by atoms with van der Waals surface area (Å²) in [6, 6.07) is 7.39. The molecule has 0 bridgehead atoms. The van der Waals surface area contributed by atoms with Gasteiger partial charge in [0.25, 0.3) is 5.69 Å². The van der Waals surface area contributed by atoms with Crippen LogP contribution in [0.1, 0.15) is 24.1 Å². The molecule has 21 heavy (non-hydrogen) atoms. The molecule has 1 unspecified atom stereocenters. The number of aryl methyl sites for hydroxylation is 1. The van der Waals surface area contributed by atoms with Crippen molar-refractivity contribution in [3.63, 3.8) is 0 Å². The highest BCUT2D eigenvalue weighted by Crippen LogP contribution is 2.30. The molecule has 2 aromatic rings. The van der Waals surface area contributed by atoms with E-state index in [1.54, 1.807) is 26.0 Å². The zero-order valence-corrected chi connectivity index (χ0v) is 11.6. The second-order valence-corrected chi connectivity index (χ2v) is 4.78. The second kappa shape index (κ2) is 5.87. The van der Waals surface area contributed by atoms with Crippen molar-refractivity contribution in [1.29, 1.82) is 0 Å². The third kappa shape index (κ3) is 3.16. The first-order valence-corrected chi connectivity index (χ1v) is 6.35. The van der Waals surface area contributed by atoms with Crippen LogP contribution in [0.25, 0.3) is 0 Å². The Morgan fingerprint density at radius 3 is 2.38 bits per heavy atom. The van der Waals surface area contributed by atoms with Crippen LogP contribution in [-0.2, 0) is 0 Å². The molecule has 0 heterocycles. The summed E-state index contributed by atoms with van der Waals surface area (Å²) in [6.07, 6.45) is 0. The SMILES string of the molecule is Cc1ccc([N+](=O)[O-])c(NC(C)c2c(F)cccc2F)c1. The molecule has 2 aromatic carbocycles. The van der Waals surface area contributed by atoms with Crippen LogP contribution < -0.4 is 5.32 Å². The Labute approximate surface area is 120 Å². The summed E-state index contributed by atoms with van der Waals surface area (Å²) in [5, 5.41) is 13.8. The van der Waals surface area contributed by atoms with Gasteiger partial charge in [-0.3, -0.25) is 10.1 Å². The molecule has 1 atom stereocenters. The van der Waals surface area contributed by atoms with Crippen LogP contribution in [0.5, 0.6) is 0 Å². The highest BCUT2D eigenvalue weighted by atomic mass is 19.1. The molecule has 0 spiro atoms. The molecule has 0 aliphatic rings. The monoisotopic (exact) mass is 292 g/mol. The fraction of sp³-hybridized carbons (Fsp3) is 0.200. The smallest absolute Gasteiger partial charge is 0.292 e. The quantitative estimate of drug-likeness (QED) is 0.673. The highest BCUT2D eigenvalue weighted by molar-refractivity contribution is 5.63. The Balaban J connectivity index is 2.38. The van der Waals surface area contributed by atoms with E-state index in [2.05, 4.69) is 5.32 Å². The number of anilines is 1. The van der Waals surface area contributed by atoms with E-state index in [1.807, 2.05) is 0 Å². The number of nitro benzene ring substituents is 1. The van der Waals surface area contributed by atoms with Crippen LogP contribution in [0.3, 0.4) is 0 Å². The Hall–Kier alpha value is -2.50. The number of hydrogen-bond donors (Lipinski definition) is 1. The molecule has 0 fully saturated rings. The van der Waals surface area contributed by atoms with E-state index < -0.39 is 22.6 Å². The van der Waals surface area contributed by atoms with Crippen LogP contribution in [0.15, 0.2) is 36.4 Å². The van der Waals surface area contributed by atoms with Crippen LogP contribution in [0, 0.1) is 28.7 Å². The van der Waals surface area contributed by atoms with Crippen molar-refractivity contribution in [2.75, 3.05) is 5.32 Å². The van der Waals surface area contributed by atoms with Crippen molar-refractivity contribution in [3.05, 3.63) is 69.3 Å². The third-order valence-electron chi connectivity index (χ3n) is 3.15. The molecule has 0 radical (unpaired) electrons. The van der Waals surface area contributed by atoms with E-state index in [0.717, 1.165) is 17.7 Å². The molecule has 4 nitrogen and oxygen atoms in total. The summed E-state index contributed by atoms with van der Waals surface area (Å²) < 4.78 is 27.5. The van der Waals surface area contributed by atoms with Gasteiger partial charge in [-0.1, -0.05) is 12.1 Å². The van der Waals surface area contributed by atoms with E-state index in [0.29, 0.717) is 0 Å². The highest BCUT2D eigenvalue weighted by Gasteiger charge is 2.20. The van der Waals surface area contributed by atoms with Crippen molar-refractivity contribution in [3.8, 4) is 0 Å². The Morgan fingerprint density at radius 1 is 1.19 bits per heavy atom. The molecule has 6 heteroatoms. The first-order valence-electron chi connectivity index (χ1n) is 6.35. The lowest BCUT2D eigenvalue weighted by atomic mass is 10.1. The Bertz CT molecular complexity index is 669. The van der Waals surface area contributed by atoms with Crippen molar-refractivity contribution < 1.29 is 13.7 Å². The van der Waals surface area contributed by atoms with E-state index in [1.165, 1.54) is 12.1 Å². The summed E-state index contributed by atoms with van der Waals surface area (Å²) in [4.78, 5) is 10.5. The maximum Gasteiger partial charge on any atom is 0.292 e. The minimum absolute atomic E-state index is 0.135. The average Bonchev–Trinajstić information content (AvgIpc) is 2.38. The molecule has 0 aliphatic carbocycles. The Morgan fingerprint density at radius 2 is 1.81 bits per heavy atom. The lowest BCUT2D eigenvalue weighted by Gasteiger charge is -2.17. The number of hydrogen-bond acceptors (Lipinski definition) is 3. The minimum Gasteiger partial charge on any atom is -0.373 e. The molecule has 2 rings (SSSR count). The zero-order chi connectivity index (χ0) is 15.6. The first kappa shape index (κ1) is 14.9. The van der Waals surface area contributed by atoms with Crippen molar-refractivity contribution >= 4 is 11.4 Å². The van der Waals surface area contributed by atoms with Crippen molar-refractivity contribution in [2.24, 2.45) is 0 Å². The maximum absolute atomic E-state index is 13.7. The lowest BCUT2D eigenvalue weighted by molar-refractivity contribution is -0.384. The largest absolute Gasteiger partial charge is 0.373 e. The van der Waals surface area contributed by atoms with E-state index in [4.69, 9.17) is 0 Å². The number of halogens is 2. The summed E-state index contributed by atoms with van der Waals surface area (Å²) in [5.74, 6) is -1.38. The maximum atomic E-state index is 13.7. The molecule has 0 aliphatic heterocycles.